The van der Waals surface area contributed by atoms with Gasteiger partial charge in [0.2, 0.25) is 0 Å². The maximum Gasteiger partial charge on any atom is 0.335 e. The Labute approximate surface area is 113 Å². The summed E-state index contributed by atoms with van der Waals surface area (Å²) in [6, 6.07) is 3.73. The summed E-state index contributed by atoms with van der Waals surface area (Å²) in [4.78, 5) is 22.7. The van der Waals surface area contributed by atoms with E-state index in [9.17, 15) is 14.7 Å². The first kappa shape index (κ1) is 15.2. The summed E-state index contributed by atoms with van der Waals surface area (Å²) in [6.45, 7) is 2.13. The van der Waals surface area contributed by atoms with Crippen LogP contribution in [0.1, 0.15) is 66.2 Å². The molecule has 1 N–H and O–H groups in total. The van der Waals surface area contributed by atoms with Crippen LogP contribution in [-0.2, 0) is 0 Å². The summed E-state index contributed by atoms with van der Waals surface area (Å²) < 4.78 is 0. The van der Waals surface area contributed by atoms with Crippen molar-refractivity contribution in [2.45, 2.75) is 45.4 Å². The van der Waals surface area contributed by atoms with Gasteiger partial charge in [0.25, 0.3) is 0 Å². The lowest BCUT2D eigenvalue weighted by Gasteiger charge is -2.11. The predicted octanol–water partition coefficient (Wildman–Crippen LogP) is 3.00. The van der Waals surface area contributed by atoms with Crippen LogP contribution in [0, 0.1) is 0 Å². The van der Waals surface area contributed by atoms with Crippen LogP contribution in [0.3, 0.4) is 0 Å². The highest BCUT2D eigenvalue weighted by Gasteiger charge is 2.10. The molecule has 0 aromatic heterocycles. The van der Waals surface area contributed by atoms with E-state index in [0.29, 0.717) is 12.0 Å². The van der Waals surface area contributed by atoms with Crippen LogP contribution in [0.15, 0.2) is 18.2 Å². The number of benzene rings is 1. The fourth-order valence-corrected chi connectivity index (χ4v) is 1.90. The molecule has 0 spiro atoms. The zero-order valence-corrected chi connectivity index (χ0v) is 11.1. The molecule has 1 rings (SSSR count). The highest BCUT2D eigenvalue weighted by molar-refractivity contribution is 5.99. The first-order chi connectivity index (χ1) is 9.06. The number of Topliss-reactive ketones (excluding diaryl/α,β-unsaturated/α-hetero) is 1. The van der Waals surface area contributed by atoms with Crippen molar-refractivity contribution >= 4 is 11.8 Å². The lowest BCUT2D eigenvalue weighted by molar-refractivity contribution is -0.268. The number of carbonyl (C=O) groups is 2. The maximum atomic E-state index is 11.9. The number of aromatic carboxylic acids is 1. The van der Waals surface area contributed by atoms with E-state index in [2.05, 4.69) is 6.92 Å². The molecule has 0 saturated heterocycles. The number of ketones is 1. The minimum atomic E-state index is -1.29. The van der Waals surface area contributed by atoms with Gasteiger partial charge in [-0.15, -0.1) is 0 Å². The number of rotatable bonds is 8. The second-order valence-corrected chi connectivity index (χ2v) is 4.60. The predicted molar refractivity (Wildman–Crippen MR) is 70.6 cm³/mol. The molecule has 19 heavy (non-hydrogen) atoms. The Morgan fingerprint density at radius 3 is 2.47 bits per heavy atom. The molecule has 0 aliphatic heterocycles. The molecule has 0 heterocycles. The van der Waals surface area contributed by atoms with Crippen molar-refractivity contribution in [3.8, 4) is 5.75 Å². The average molecular weight is 263 g/mol. The monoisotopic (exact) mass is 263 g/mol. The van der Waals surface area contributed by atoms with Gasteiger partial charge >= 0.3 is 5.97 Å². The van der Waals surface area contributed by atoms with Crippen molar-refractivity contribution in [3.63, 3.8) is 0 Å². The summed E-state index contributed by atoms with van der Waals surface area (Å²) >= 11 is 0. The van der Waals surface area contributed by atoms with Crippen LogP contribution in [0.4, 0.5) is 0 Å². The van der Waals surface area contributed by atoms with Crippen molar-refractivity contribution in [2.24, 2.45) is 0 Å². The maximum absolute atomic E-state index is 11.9. The van der Waals surface area contributed by atoms with Crippen LogP contribution >= 0.6 is 0 Å². The first-order valence-corrected chi connectivity index (χ1v) is 6.63. The van der Waals surface area contributed by atoms with Gasteiger partial charge in [-0.2, -0.15) is 0 Å². The van der Waals surface area contributed by atoms with Crippen molar-refractivity contribution in [3.05, 3.63) is 29.3 Å². The summed E-state index contributed by atoms with van der Waals surface area (Å²) in [5.74, 6) is -1.95. The molecule has 0 amide bonds. The van der Waals surface area contributed by atoms with E-state index in [1.165, 1.54) is 18.6 Å². The van der Waals surface area contributed by atoms with Gasteiger partial charge in [0.15, 0.2) is 5.78 Å². The van der Waals surface area contributed by atoms with Gasteiger partial charge in [-0.1, -0.05) is 50.5 Å². The molecule has 104 valence electrons. The molecule has 0 radical (unpaired) electrons. The van der Waals surface area contributed by atoms with E-state index in [-0.39, 0.29) is 11.3 Å². The molecule has 0 unspecified atom stereocenters. The third kappa shape index (κ3) is 4.73. The number of carbonyl (C=O) groups excluding carboxylic acids is 1. The summed E-state index contributed by atoms with van der Waals surface area (Å²) in [6.07, 6.45) is 5.65. The number of carboxylic acid groups (broad SMARTS) is 1. The fraction of sp³-hybridized carbons (Fsp3) is 0.467. The van der Waals surface area contributed by atoms with E-state index in [0.717, 1.165) is 31.7 Å². The Morgan fingerprint density at radius 1 is 1.16 bits per heavy atom. The van der Waals surface area contributed by atoms with E-state index >= 15 is 0 Å². The SMILES string of the molecule is CCCCCCCC(=O)c1ccc([O-])c(C(=O)O)c1. The minimum Gasteiger partial charge on any atom is -0.872 e. The molecule has 0 aliphatic carbocycles. The molecule has 0 aliphatic rings. The van der Waals surface area contributed by atoms with Gasteiger partial charge in [0.1, 0.15) is 0 Å². The Morgan fingerprint density at radius 2 is 1.84 bits per heavy atom. The highest BCUT2D eigenvalue weighted by Crippen LogP contribution is 2.18. The summed E-state index contributed by atoms with van der Waals surface area (Å²) in [5, 5.41) is 20.1. The lowest BCUT2D eigenvalue weighted by atomic mass is 10.0. The molecule has 0 fully saturated rings. The van der Waals surface area contributed by atoms with Gasteiger partial charge in [-0.25, -0.2) is 4.79 Å². The van der Waals surface area contributed by atoms with Crippen molar-refractivity contribution < 1.29 is 19.8 Å². The Balaban J connectivity index is 2.57. The van der Waals surface area contributed by atoms with Crippen molar-refractivity contribution in [2.75, 3.05) is 0 Å². The number of unbranched alkanes of at least 4 members (excludes halogenated alkanes) is 4. The molecule has 1 aromatic rings. The van der Waals surface area contributed by atoms with E-state index < -0.39 is 11.7 Å². The third-order valence-corrected chi connectivity index (χ3v) is 3.04. The zero-order chi connectivity index (χ0) is 14.3. The van der Waals surface area contributed by atoms with Gasteiger partial charge in [0.05, 0.1) is 5.56 Å². The molecule has 0 bridgehead atoms. The van der Waals surface area contributed by atoms with Crippen LogP contribution in [0.2, 0.25) is 0 Å². The second kappa shape index (κ2) is 7.56. The van der Waals surface area contributed by atoms with Crippen molar-refractivity contribution in [1.29, 1.82) is 0 Å². The standard InChI is InChI=1S/C15H20O4/c1-2-3-4-5-6-7-13(16)11-8-9-14(17)12(10-11)15(18)19/h8-10,17H,2-7H2,1H3,(H,18,19)/p-1. The first-order valence-electron chi connectivity index (χ1n) is 6.63. The Hall–Kier alpha value is -1.84. The molecule has 0 atom stereocenters. The van der Waals surface area contributed by atoms with Crippen LogP contribution in [0.5, 0.6) is 5.75 Å². The Bertz CT molecular complexity index is 451. The summed E-state index contributed by atoms with van der Waals surface area (Å²) in [5.41, 5.74) is -0.0238. The van der Waals surface area contributed by atoms with E-state index in [1.54, 1.807) is 0 Å². The molecular formula is C15H19O4-. The van der Waals surface area contributed by atoms with Crippen molar-refractivity contribution in [1.82, 2.24) is 0 Å². The molecule has 4 nitrogen and oxygen atoms in total. The van der Waals surface area contributed by atoms with E-state index in [1.807, 2.05) is 0 Å². The topological polar surface area (TPSA) is 77.4 Å². The molecular weight excluding hydrogens is 244 g/mol. The average Bonchev–Trinajstić information content (AvgIpc) is 2.38. The van der Waals surface area contributed by atoms with Crippen LogP contribution in [0.25, 0.3) is 0 Å². The van der Waals surface area contributed by atoms with Crippen LogP contribution in [-0.4, -0.2) is 16.9 Å². The quantitative estimate of drug-likeness (QED) is 0.577. The van der Waals surface area contributed by atoms with Gasteiger partial charge in [-0.05, 0) is 12.5 Å². The zero-order valence-electron chi connectivity index (χ0n) is 11.1. The Kier molecular flexibility index (Phi) is 6.06. The third-order valence-electron chi connectivity index (χ3n) is 3.04. The van der Waals surface area contributed by atoms with Crippen LogP contribution < -0.4 is 5.11 Å². The van der Waals surface area contributed by atoms with E-state index in [4.69, 9.17) is 5.11 Å². The number of hydrogen-bond acceptors (Lipinski definition) is 3. The molecule has 0 saturated carbocycles. The normalized spacial score (nSPS) is 10.4. The second-order valence-electron chi connectivity index (χ2n) is 4.60. The van der Waals surface area contributed by atoms with Gasteiger partial charge in [-0.3, -0.25) is 4.79 Å². The number of hydrogen-bond donors (Lipinski definition) is 1. The molecule has 4 heteroatoms. The number of carboxylic acids is 1. The summed E-state index contributed by atoms with van der Waals surface area (Å²) in [7, 11) is 0. The largest absolute Gasteiger partial charge is 0.872 e. The minimum absolute atomic E-state index is 0.0981. The van der Waals surface area contributed by atoms with Gasteiger partial charge < -0.3 is 10.2 Å². The molecule has 1 aromatic carbocycles. The highest BCUT2D eigenvalue weighted by atomic mass is 16.4. The van der Waals surface area contributed by atoms with Gasteiger partial charge in [0, 0.05) is 12.0 Å². The smallest absolute Gasteiger partial charge is 0.335 e. The fourth-order valence-electron chi connectivity index (χ4n) is 1.90. The lowest BCUT2D eigenvalue weighted by Crippen LogP contribution is -2.07.